The lowest BCUT2D eigenvalue weighted by Gasteiger charge is -2.12. The monoisotopic (exact) mass is 358 g/mol. The number of aryl methyl sites for hydroxylation is 2. The van der Waals surface area contributed by atoms with E-state index in [1.165, 1.54) is 25.4 Å². The van der Waals surface area contributed by atoms with Gasteiger partial charge in [0.25, 0.3) is 0 Å². The van der Waals surface area contributed by atoms with Crippen LogP contribution in [0.25, 0.3) is 0 Å². The van der Waals surface area contributed by atoms with Gasteiger partial charge in [-0.1, -0.05) is 40.2 Å². The number of rotatable bonds is 2. The Hall–Kier alpha value is -0.120. The number of benzene rings is 1. The van der Waals surface area contributed by atoms with Crippen LogP contribution in [0.4, 0.5) is 0 Å². The minimum absolute atomic E-state index is 0.288. The van der Waals surface area contributed by atoms with Crippen LogP contribution < -0.4 is 0 Å². The molecule has 0 radical (unpaired) electrons. The van der Waals surface area contributed by atoms with Gasteiger partial charge in [-0.15, -0.1) is 11.3 Å². The van der Waals surface area contributed by atoms with Gasteiger partial charge in [0.1, 0.15) is 0 Å². The second-order valence-corrected chi connectivity index (χ2v) is 7.33. The van der Waals surface area contributed by atoms with Crippen LogP contribution in [0.1, 0.15) is 26.4 Å². The lowest BCUT2D eigenvalue weighted by molar-refractivity contribution is 1.14. The fraction of sp³-hybridized carbons (Fsp3) is 0.231. The Labute approximate surface area is 117 Å². The molecule has 0 aliphatic carbocycles. The number of hydrogen-bond acceptors (Lipinski definition) is 1. The smallest absolute Gasteiger partial charge is 0.0704 e. The number of hydrogen-bond donors (Lipinski definition) is 0. The molecule has 2 aromatic rings. The molecule has 1 aromatic heterocycles. The fourth-order valence-corrected chi connectivity index (χ4v) is 4.64. The third kappa shape index (κ3) is 2.41. The Morgan fingerprint density at radius 1 is 1.12 bits per heavy atom. The Bertz CT molecular complexity index is 502. The zero-order chi connectivity index (χ0) is 11.7. The fourth-order valence-electron chi connectivity index (χ4n) is 1.75. The number of thiophene rings is 1. The molecule has 0 aliphatic heterocycles. The molecule has 16 heavy (non-hydrogen) atoms. The van der Waals surface area contributed by atoms with E-state index in [9.17, 15) is 0 Å². The molecule has 0 saturated heterocycles. The van der Waals surface area contributed by atoms with Gasteiger partial charge in [-0.25, -0.2) is 0 Å². The third-order valence-corrected chi connectivity index (χ3v) is 5.22. The molecule has 3 heteroatoms. The lowest BCUT2D eigenvalue weighted by Crippen LogP contribution is -1.95. The molecule has 0 amide bonds. The highest BCUT2D eigenvalue weighted by atomic mass is 79.9. The van der Waals surface area contributed by atoms with Gasteiger partial charge >= 0.3 is 0 Å². The van der Waals surface area contributed by atoms with Gasteiger partial charge in [0, 0.05) is 4.88 Å². The summed E-state index contributed by atoms with van der Waals surface area (Å²) in [7, 11) is 0. The topological polar surface area (TPSA) is 0 Å². The first-order chi connectivity index (χ1) is 7.59. The average molecular weight is 360 g/mol. The first-order valence-corrected chi connectivity index (χ1v) is 7.57. The van der Waals surface area contributed by atoms with Crippen LogP contribution in [0.3, 0.4) is 0 Å². The summed E-state index contributed by atoms with van der Waals surface area (Å²) in [6.07, 6.45) is 0. The maximum atomic E-state index is 3.79. The predicted molar refractivity (Wildman–Crippen MR) is 78.7 cm³/mol. The van der Waals surface area contributed by atoms with Crippen molar-refractivity contribution in [2.24, 2.45) is 0 Å². The summed E-state index contributed by atoms with van der Waals surface area (Å²) in [6, 6.07) is 10.7. The summed E-state index contributed by atoms with van der Waals surface area (Å²) < 4.78 is 1.19. The standard InChI is InChI=1S/C13H12Br2S/c1-8-5-3-4-6-10(8)13(15)11-7-12(14)16-9(11)2/h3-7,13H,1-2H3. The van der Waals surface area contributed by atoms with E-state index in [0.717, 1.165) is 0 Å². The highest BCUT2D eigenvalue weighted by molar-refractivity contribution is 9.11. The van der Waals surface area contributed by atoms with Crippen molar-refractivity contribution >= 4 is 43.2 Å². The van der Waals surface area contributed by atoms with E-state index < -0.39 is 0 Å². The van der Waals surface area contributed by atoms with Crippen LogP contribution in [-0.2, 0) is 0 Å². The molecule has 0 saturated carbocycles. The maximum Gasteiger partial charge on any atom is 0.0704 e. The van der Waals surface area contributed by atoms with Gasteiger partial charge in [-0.2, -0.15) is 0 Å². The van der Waals surface area contributed by atoms with Crippen LogP contribution in [0, 0.1) is 13.8 Å². The molecular weight excluding hydrogens is 348 g/mol. The van der Waals surface area contributed by atoms with E-state index in [2.05, 4.69) is 76.0 Å². The van der Waals surface area contributed by atoms with E-state index in [1.54, 1.807) is 11.3 Å². The van der Waals surface area contributed by atoms with E-state index >= 15 is 0 Å². The van der Waals surface area contributed by atoms with Gasteiger partial charge in [0.05, 0.1) is 8.61 Å². The van der Waals surface area contributed by atoms with Crippen molar-refractivity contribution < 1.29 is 0 Å². The molecule has 0 spiro atoms. The van der Waals surface area contributed by atoms with Crippen molar-refractivity contribution in [3.05, 3.63) is 55.7 Å². The molecule has 0 nitrogen and oxygen atoms in total. The first kappa shape index (κ1) is 12.3. The van der Waals surface area contributed by atoms with Crippen molar-refractivity contribution in [2.45, 2.75) is 18.7 Å². The highest BCUT2D eigenvalue weighted by Gasteiger charge is 2.16. The molecule has 1 atom stereocenters. The molecule has 0 aliphatic rings. The Balaban J connectivity index is 2.43. The summed E-state index contributed by atoms with van der Waals surface area (Å²) in [5.41, 5.74) is 4.02. The molecule has 0 fully saturated rings. The van der Waals surface area contributed by atoms with Gasteiger partial charge in [-0.05, 0) is 52.5 Å². The van der Waals surface area contributed by atoms with Gasteiger partial charge < -0.3 is 0 Å². The first-order valence-electron chi connectivity index (χ1n) is 5.05. The third-order valence-electron chi connectivity index (χ3n) is 2.66. The number of halogens is 2. The summed E-state index contributed by atoms with van der Waals surface area (Å²) >= 11 is 9.12. The normalized spacial score (nSPS) is 12.8. The van der Waals surface area contributed by atoms with Crippen molar-refractivity contribution in [2.75, 3.05) is 0 Å². The van der Waals surface area contributed by atoms with Crippen molar-refractivity contribution in [1.29, 1.82) is 0 Å². The van der Waals surface area contributed by atoms with Crippen LogP contribution in [-0.4, -0.2) is 0 Å². The van der Waals surface area contributed by atoms with Crippen molar-refractivity contribution in [3.8, 4) is 0 Å². The van der Waals surface area contributed by atoms with Gasteiger partial charge in [-0.3, -0.25) is 0 Å². The van der Waals surface area contributed by atoms with E-state index in [0.29, 0.717) is 0 Å². The average Bonchev–Trinajstić information content (AvgIpc) is 2.58. The molecule has 2 rings (SSSR count). The van der Waals surface area contributed by atoms with Crippen LogP contribution in [0.2, 0.25) is 0 Å². The van der Waals surface area contributed by atoms with E-state index in [4.69, 9.17) is 0 Å². The SMILES string of the molecule is Cc1ccccc1C(Br)c1cc(Br)sc1C. The molecule has 84 valence electrons. The molecule has 0 bridgehead atoms. The molecule has 1 unspecified atom stereocenters. The quantitative estimate of drug-likeness (QED) is 0.611. The van der Waals surface area contributed by atoms with E-state index in [-0.39, 0.29) is 4.83 Å². The maximum absolute atomic E-state index is 3.79. The van der Waals surface area contributed by atoms with Crippen molar-refractivity contribution in [3.63, 3.8) is 0 Å². The molecule has 0 N–H and O–H groups in total. The highest BCUT2D eigenvalue weighted by Crippen LogP contribution is 2.39. The summed E-state index contributed by atoms with van der Waals surface area (Å²) in [4.78, 5) is 1.65. The molecule has 1 aromatic carbocycles. The Morgan fingerprint density at radius 3 is 2.38 bits per heavy atom. The van der Waals surface area contributed by atoms with Crippen LogP contribution in [0.5, 0.6) is 0 Å². The molecular formula is C13H12Br2S. The van der Waals surface area contributed by atoms with Gasteiger partial charge in [0.2, 0.25) is 0 Å². The largest absolute Gasteiger partial charge is 0.133 e. The predicted octanol–water partition coefficient (Wildman–Crippen LogP) is 5.61. The summed E-state index contributed by atoms with van der Waals surface area (Å²) in [5, 5.41) is 0. The second-order valence-electron chi connectivity index (χ2n) is 3.78. The van der Waals surface area contributed by atoms with Crippen LogP contribution >= 0.6 is 43.2 Å². The summed E-state index contributed by atoms with van der Waals surface area (Å²) in [6.45, 7) is 4.32. The van der Waals surface area contributed by atoms with E-state index in [1.807, 2.05) is 0 Å². The second kappa shape index (κ2) is 5.03. The minimum Gasteiger partial charge on any atom is -0.133 e. The Morgan fingerprint density at radius 2 is 1.81 bits per heavy atom. The summed E-state index contributed by atoms with van der Waals surface area (Å²) in [5.74, 6) is 0. The Kier molecular flexibility index (Phi) is 3.88. The minimum atomic E-state index is 0.288. The molecule has 1 heterocycles. The van der Waals surface area contributed by atoms with Crippen molar-refractivity contribution in [1.82, 2.24) is 0 Å². The number of alkyl halides is 1. The van der Waals surface area contributed by atoms with Crippen LogP contribution in [0.15, 0.2) is 34.1 Å². The lowest BCUT2D eigenvalue weighted by atomic mass is 10.0. The zero-order valence-corrected chi connectivity index (χ0v) is 13.1. The zero-order valence-electron chi connectivity index (χ0n) is 9.13. The van der Waals surface area contributed by atoms with Gasteiger partial charge in [0.15, 0.2) is 0 Å².